The number of alkyl halides is 1. The van der Waals surface area contributed by atoms with Crippen molar-refractivity contribution in [2.24, 2.45) is 5.92 Å². The second-order valence-corrected chi connectivity index (χ2v) is 5.48. The van der Waals surface area contributed by atoms with E-state index in [0.717, 1.165) is 19.5 Å². The standard InChI is InChI=1S/C14H17BrFNO/c1-10-3-2-6-17(9-10)13-5-4-11(7-12(13)16)14(18)8-15/h4-5,7,10H,2-3,6,8-9H2,1H3/t10-/m0/s1. The Labute approximate surface area is 115 Å². The van der Waals surface area contributed by atoms with Crippen LogP contribution in [-0.2, 0) is 0 Å². The molecule has 0 N–H and O–H groups in total. The normalized spacial score (nSPS) is 19.9. The van der Waals surface area contributed by atoms with Crippen molar-refractivity contribution in [2.75, 3.05) is 23.3 Å². The number of hydrogen-bond acceptors (Lipinski definition) is 2. The lowest BCUT2D eigenvalue weighted by atomic mass is 9.99. The number of Topliss-reactive ketones (excluding diaryl/α,β-unsaturated/α-hetero) is 1. The van der Waals surface area contributed by atoms with E-state index in [1.54, 1.807) is 12.1 Å². The zero-order valence-electron chi connectivity index (χ0n) is 10.5. The Morgan fingerprint density at radius 1 is 1.56 bits per heavy atom. The van der Waals surface area contributed by atoms with Crippen molar-refractivity contribution in [3.63, 3.8) is 0 Å². The minimum Gasteiger partial charge on any atom is -0.369 e. The summed E-state index contributed by atoms with van der Waals surface area (Å²) in [5, 5.41) is 0.229. The Hall–Kier alpha value is -0.900. The first kappa shape index (κ1) is 13.5. The number of carbonyl (C=O) groups excluding carboxylic acids is 1. The molecule has 1 saturated heterocycles. The van der Waals surface area contributed by atoms with E-state index in [2.05, 4.69) is 27.8 Å². The Morgan fingerprint density at radius 2 is 2.33 bits per heavy atom. The van der Waals surface area contributed by atoms with Gasteiger partial charge in [0, 0.05) is 18.7 Å². The Bertz CT molecular complexity index is 449. The molecule has 0 radical (unpaired) electrons. The maximum absolute atomic E-state index is 14.0. The molecule has 18 heavy (non-hydrogen) atoms. The second-order valence-electron chi connectivity index (χ2n) is 4.92. The third-order valence-electron chi connectivity index (χ3n) is 3.39. The van der Waals surface area contributed by atoms with Crippen molar-refractivity contribution in [1.29, 1.82) is 0 Å². The lowest BCUT2D eigenvalue weighted by Gasteiger charge is -2.33. The van der Waals surface area contributed by atoms with Gasteiger partial charge in [-0.2, -0.15) is 0 Å². The number of nitrogens with zero attached hydrogens (tertiary/aromatic N) is 1. The molecular formula is C14H17BrFNO. The van der Waals surface area contributed by atoms with Crippen molar-refractivity contribution >= 4 is 27.4 Å². The summed E-state index contributed by atoms with van der Waals surface area (Å²) in [5.74, 6) is 0.213. The minimum atomic E-state index is -0.295. The lowest BCUT2D eigenvalue weighted by Crippen LogP contribution is -2.34. The molecule has 1 aromatic carbocycles. The average Bonchev–Trinajstić information content (AvgIpc) is 2.37. The molecule has 1 aliphatic heterocycles. The number of piperidine rings is 1. The number of halogens is 2. The van der Waals surface area contributed by atoms with Crippen LogP contribution in [0.15, 0.2) is 18.2 Å². The largest absolute Gasteiger partial charge is 0.369 e. The quantitative estimate of drug-likeness (QED) is 0.627. The molecule has 1 aliphatic rings. The van der Waals surface area contributed by atoms with Crippen molar-refractivity contribution in [3.05, 3.63) is 29.6 Å². The summed E-state index contributed by atoms with van der Waals surface area (Å²) in [6.07, 6.45) is 2.31. The fraction of sp³-hybridized carbons (Fsp3) is 0.500. The molecule has 1 aromatic rings. The van der Waals surface area contributed by atoms with E-state index in [4.69, 9.17) is 0 Å². The maximum Gasteiger partial charge on any atom is 0.173 e. The predicted molar refractivity (Wildman–Crippen MR) is 75.1 cm³/mol. The van der Waals surface area contributed by atoms with E-state index in [9.17, 15) is 9.18 Å². The number of benzene rings is 1. The van der Waals surface area contributed by atoms with Gasteiger partial charge in [-0.15, -0.1) is 0 Å². The van der Waals surface area contributed by atoms with Crippen molar-refractivity contribution < 1.29 is 9.18 Å². The van der Waals surface area contributed by atoms with Crippen LogP contribution in [-0.4, -0.2) is 24.2 Å². The van der Waals surface area contributed by atoms with Crippen molar-refractivity contribution in [1.82, 2.24) is 0 Å². The van der Waals surface area contributed by atoms with Crippen LogP contribution < -0.4 is 4.90 Å². The van der Waals surface area contributed by atoms with Gasteiger partial charge in [-0.05, 0) is 37.0 Å². The predicted octanol–water partition coefficient (Wildman–Crippen LogP) is 3.64. The van der Waals surface area contributed by atoms with E-state index >= 15 is 0 Å². The van der Waals surface area contributed by atoms with Gasteiger partial charge >= 0.3 is 0 Å². The van der Waals surface area contributed by atoms with Gasteiger partial charge < -0.3 is 4.90 Å². The highest BCUT2D eigenvalue weighted by molar-refractivity contribution is 9.09. The summed E-state index contributed by atoms with van der Waals surface area (Å²) < 4.78 is 14.0. The minimum absolute atomic E-state index is 0.0903. The van der Waals surface area contributed by atoms with Gasteiger partial charge in [0.15, 0.2) is 5.78 Å². The zero-order valence-corrected chi connectivity index (χ0v) is 12.0. The van der Waals surface area contributed by atoms with Gasteiger partial charge in [0.2, 0.25) is 0 Å². The first-order valence-corrected chi connectivity index (χ1v) is 7.37. The zero-order chi connectivity index (χ0) is 13.1. The molecule has 1 atom stereocenters. The summed E-state index contributed by atoms with van der Waals surface area (Å²) in [5.41, 5.74) is 1.05. The van der Waals surface area contributed by atoms with E-state index in [0.29, 0.717) is 17.2 Å². The van der Waals surface area contributed by atoms with Gasteiger partial charge in [-0.25, -0.2) is 4.39 Å². The van der Waals surface area contributed by atoms with Crippen LogP contribution in [0, 0.1) is 11.7 Å². The first-order chi connectivity index (χ1) is 8.61. The average molecular weight is 314 g/mol. The molecule has 2 rings (SSSR count). The Morgan fingerprint density at radius 3 is 2.94 bits per heavy atom. The smallest absolute Gasteiger partial charge is 0.173 e. The number of rotatable bonds is 3. The van der Waals surface area contributed by atoms with E-state index in [-0.39, 0.29) is 16.9 Å². The Balaban J connectivity index is 2.21. The highest BCUT2D eigenvalue weighted by Gasteiger charge is 2.19. The van der Waals surface area contributed by atoms with Gasteiger partial charge in [-0.3, -0.25) is 4.79 Å². The van der Waals surface area contributed by atoms with Crippen molar-refractivity contribution in [2.45, 2.75) is 19.8 Å². The molecule has 0 amide bonds. The molecular weight excluding hydrogens is 297 g/mol. The number of hydrogen-bond donors (Lipinski definition) is 0. The second kappa shape index (κ2) is 5.83. The highest BCUT2D eigenvalue weighted by atomic mass is 79.9. The molecule has 0 bridgehead atoms. The van der Waals surface area contributed by atoms with Gasteiger partial charge in [0.25, 0.3) is 0 Å². The molecule has 4 heteroatoms. The van der Waals surface area contributed by atoms with Crippen LogP contribution in [0.25, 0.3) is 0 Å². The van der Waals surface area contributed by atoms with E-state index in [1.807, 2.05) is 0 Å². The maximum atomic E-state index is 14.0. The van der Waals surface area contributed by atoms with E-state index in [1.165, 1.54) is 12.5 Å². The molecule has 1 fully saturated rings. The van der Waals surface area contributed by atoms with Crippen LogP contribution in [0.2, 0.25) is 0 Å². The van der Waals surface area contributed by atoms with Gasteiger partial charge in [0.05, 0.1) is 11.0 Å². The molecule has 98 valence electrons. The summed E-state index contributed by atoms with van der Waals surface area (Å²) in [6.45, 7) is 3.97. The fourth-order valence-corrected chi connectivity index (χ4v) is 2.75. The van der Waals surface area contributed by atoms with Crippen LogP contribution >= 0.6 is 15.9 Å². The summed E-state index contributed by atoms with van der Waals surface area (Å²) in [6, 6.07) is 4.78. The van der Waals surface area contributed by atoms with Crippen LogP contribution in [0.3, 0.4) is 0 Å². The molecule has 1 heterocycles. The Kier molecular flexibility index (Phi) is 4.38. The third-order valence-corrected chi connectivity index (χ3v) is 3.90. The molecule has 0 spiro atoms. The lowest BCUT2D eigenvalue weighted by molar-refractivity contribution is 0.102. The number of anilines is 1. The van der Waals surface area contributed by atoms with Gasteiger partial charge in [0.1, 0.15) is 5.82 Å². The molecule has 0 aromatic heterocycles. The summed E-state index contributed by atoms with van der Waals surface area (Å²) in [4.78, 5) is 13.6. The topological polar surface area (TPSA) is 20.3 Å². The monoisotopic (exact) mass is 313 g/mol. The SMILES string of the molecule is C[C@H]1CCCN(c2ccc(C(=O)CBr)cc2F)C1. The first-order valence-electron chi connectivity index (χ1n) is 6.25. The molecule has 0 aliphatic carbocycles. The number of ketones is 1. The van der Waals surface area contributed by atoms with E-state index < -0.39 is 0 Å². The number of carbonyl (C=O) groups is 1. The van der Waals surface area contributed by atoms with Crippen molar-refractivity contribution in [3.8, 4) is 0 Å². The van der Waals surface area contributed by atoms with Crippen LogP contribution in [0.4, 0.5) is 10.1 Å². The fourth-order valence-electron chi connectivity index (χ4n) is 2.42. The van der Waals surface area contributed by atoms with Crippen LogP contribution in [0.1, 0.15) is 30.1 Å². The molecule has 2 nitrogen and oxygen atoms in total. The summed E-state index contributed by atoms with van der Waals surface area (Å²) in [7, 11) is 0. The molecule has 0 saturated carbocycles. The highest BCUT2D eigenvalue weighted by Crippen LogP contribution is 2.26. The molecule has 0 unspecified atom stereocenters. The van der Waals surface area contributed by atoms with Gasteiger partial charge in [-0.1, -0.05) is 22.9 Å². The van der Waals surface area contributed by atoms with Crippen LogP contribution in [0.5, 0.6) is 0 Å². The summed E-state index contributed by atoms with van der Waals surface area (Å²) >= 11 is 3.10. The third kappa shape index (κ3) is 2.91.